The van der Waals surface area contributed by atoms with Gasteiger partial charge in [-0.15, -0.1) is 0 Å². The molecule has 2 rings (SSSR count). The average molecular weight is 461 g/mol. The summed E-state index contributed by atoms with van der Waals surface area (Å²) in [5.74, 6) is -0.0933. The summed E-state index contributed by atoms with van der Waals surface area (Å²) in [4.78, 5) is 11.8. The highest BCUT2D eigenvalue weighted by Crippen LogP contribution is 2.34. The van der Waals surface area contributed by atoms with Crippen LogP contribution in [0.15, 0.2) is 47.4 Å². The number of primary sulfonamides is 1. The summed E-state index contributed by atoms with van der Waals surface area (Å²) < 4.78 is 29.7. The molecule has 6 nitrogen and oxygen atoms in total. The second kappa shape index (κ2) is 13.2. The molecule has 0 bridgehead atoms. The van der Waals surface area contributed by atoms with Crippen LogP contribution in [0.25, 0.3) is 11.1 Å². The summed E-state index contributed by atoms with van der Waals surface area (Å²) >= 11 is 0. The molecule has 0 aliphatic carbocycles. The van der Waals surface area contributed by atoms with Gasteiger partial charge in [0.25, 0.3) is 0 Å². The smallest absolute Gasteiger partial charge is 0.249 e. The number of carbonyl (C=O) groups is 1. The molecule has 0 aliphatic rings. The summed E-state index contributed by atoms with van der Waals surface area (Å²) in [6, 6.07) is 11.2. The number of hydrogen-bond acceptors (Lipinski definition) is 4. The molecule has 32 heavy (non-hydrogen) atoms. The third kappa shape index (κ3) is 8.28. The average Bonchev–Trinajstić information content (AvgIpc) is 2.76. The maximum atomic E-state index is 11.9. The summed E-state index contributed by atoms with van der Waals surface area (Å²) in [7, 11) is -3.90. The Labute approximate surface area is 192 Å². The first-order valence-corrected chi connectivity index (χ1v) is 13.1. The van der Waals surface area contributed by atoms with E-state index >= 15 is 0 Å². The Morgan fingerprint density at radius 2 is 1.44 bits per heavy atom. The van der Waals surface area contributed by atoms with Crippen molar-refractivity contribution < 1.29 is 17.9 Å². The van der Waals surface area contributed by atoms with Crippen molar-refractivity contribution >= 4 is 15.9 Å². The maximum absolute atomic E-state index is 11.9. The third-order valence-corrected chi connectivity index (χ3v) is 6.43. The third-order valence-electron chi connectivity index (χ3n) is 5.52. The molecular weight excluding hydrogens is 424 g/mol. The quantitative estimate of drug-likeness (QED) is 0.346. The molecule has 1 amide bonds. The van der Waals surface area contributed by atoms with Gasteiger partial charge < -0.3 is 10.5 Å². The molecule has 0 unspecified atom stereocenters. The number of ether oxygens (including phenoxy) is 1. The molecule has 0 heterocycles. The van der Waals surface area contributed by atoms with Crippen molar-refractivity contribution in [3.63, 3.8) is 0 Å². The molecule has 2 aromatic rings. The molecule has 0 aliphatic heterocycles. The summed E-state index contributed by atoms with van der Waals surface area (Å²) in [5.41, 5.74) is 6.81. The van der Waals surface area contributed by atoms with Gasteiger partial charge in [0.15, 0.2) is 0 Å². The van der Waals surface area contributed by atoms with E-state index < -0.39 is 15.9 Å². The van der Waals surface area contributed by atoms with Crippen LogP contribution >= 0.6 is 0 Å². The molecule has 0 saturated heterocycles. The van der Waals surface area contributed by atoms with E-state index in [-0.39, 0.29) is 4.90 Å². The van der Waals surface area contributed by atoms with Crippen molar-refractivity contribution in [1.82, 2.24) is 0 Å². The van der Waals surface area contributed by atoms with Crippen LogP contribution < -0.4 is 15.6 Å². The predicted octanol–water partition coefficient (Wildman–Crippen LogP) is 5.40. The van der Waals surface area contributed by atoms with Gasteiger partial charge in [0, 0.05) is 11.1 Å². The van der Waals surface area contributed by atoms with Gasteiger partial charge in [-0.1, -0.05) is 82.9 Å². The molecule has 0 fully saturated rings. The maximum Gasteiger partial charge on any atom is 0.249 e. The van der Waals surface area contributed by atoms with E-state index in [0.717, 1.165) is 12.8 Å². The van der Waals surface area contributed by atoms with E-state index in [1.54, 1.807) is 30.3 Å². The Bertz CT molecular complexity index is 974. The van der Waals surface area contributed by atoms with E-state index in [1.165, 1.54) is 63.5 Å². The van der Waals surface area contributed by atoms with Crippen LogP contribution in [-0.2, 0) is 10.0 Å². The lowest BCUT2D eigenvalue weighted by atomic mass is 9.98. The lowest BCUT2D eigenvalue weighted by Crippen LogP contribution is -2.14. The van der Waals surface area contributed by atoms with Crippen LogP contribution in [0.3, 0.4) is 0 Å². The van der Waals surface area contributed by atoms with Gasteiger partial charge in [-0.25, -0.2) is 13.6 Å². The van der Waals surface area contributed by atoms with E-state index in [9.17, 15) is 13.2 Å². The van der Waals surface area contributed by atoms with E-state index in [2.05, 4.69) is 6.92 Å². The number of hydrogen-bond donors (Lipinski definition) is 2. The first-order chi connectivity index (χ1) is 15.3. The number of primary amides is 1. The zero-order valence-corrected chi connectivity index (χ0v) is 19.8. The fraction of sp³-hybridized carbons (Fsp3) is 0.480. The normalized spacial score (nSPS) is 11.4. The van der Waals surface area contributed by atoms with Gasteiger partial charge in [0.1, 0.15) is 5.75 Å². The second-order valence-corrected chi connectivity index (χ2v) is 9.70. The SMILES string of the molecule is CCCCCCCCCCCCOc1ccc(S(N)(=O)=O)cc1-c1ccccc1C(N)=O. The van der Waals surface area contributed by atoms with Crippen molar-refractivity contribution in [1.29, 1.82) is 0 Å². The van der Waals surface area contributed by atoms with Gasteiger partial charge >= 0.3 is 0 Å². The van der Waals surface area contributed by atoms with Crippen LogP contribution in [0.2, 0.25) is 0 Å². The molecule has 0 aromatic heterocycles. The van der Waals surface area contributed by atoms with E-state index in [1.807, 2.05) is 0 Å². The van der Waals surface area contributed by atoms with E-state index in [4.69, 9.17) is 15.6 Å². The van der Waals surface area contributed by atoms with Crippen molar-refractivity contribution in [2.24, 2.45) is 10.9 Å². The van der Waals surface area contributed by atoms with Crippen molar-refractivity contribution in [3.05, 3.63) is 48.0 Å². The highest BCUT2D eigenvalue weighted by molar-refractivity contribution is 7.89. The van der Waals surface area contributed by atoms with Crippen molar-refractivity contribution in [2.75, 3.05) is 6.61 Å². The number of rotatable bonds is 15. The minimum atomic E-state index is -3.90. The Kier molecular flexibility index (Phi) is 10.7. The van der Waals surface area contributed by atoms with Gasteiger partial charge in [-0.05, 0) is 36.2 Å². The standard InChI is InChI=1S/C25H36N2O4S/c1-2-3-4-5-6-7-8-9-10-13-18-31-24-17-16-20(32(27,29)30)19-23(24)21-14-11-12-15-22(21)25(26)28/h11-12,14-17,19H,2-10,13,18H2,1H3,(H2,26,28)(H2,27,29,30). The highest BCUT2D eigenvalue weighted by atomic mass is 32.2. The molecule has 4 N–H and O–H groups in total. The Morgan fingerprint density at radius 3 is 2.03 bits per heavy atom. The number of unbranched alkanes of at least 4 members (excludes halogenated alkanes) is 9. The molecule has 0 radical (unpaired) electrons. The van der Waals surface area contributed by atoms with Crippen molar-refractivity contribution in [2.45, 2.75) is 76.0 Å². The van der Waals surface area contributed by atoms with Crippen LogP contribution in [0.5, 0.6) is 5.75 Å². The second-order valence-electron chi connectivity index (χ2n) is 8.14. The lowest BCUT2D eigenvalue weighted by molar-refractivity contribution is 0.100. The molecule has 0 saturated carbocycles. The largest absolute Gasteiger partial charge is 0.493 e. The van der Waals surface area contributed by atoms with Gasteiger partial charge in [0.2, 0.25) is 15.9 Å². The first kappa shape index (κ1) is 25.9. The minimum absolute atomic E-state index is 0.0435. The zero-order chi connectivity index (χ0) is 23.4. The van der Waals surface area contributed by atoms with Crippen LogP contribution in [0.4, 0.5) is 0 Å². The Balaban J connectivity index is 1.98. The summed E-state index contributed by atoms with van der Waals surface area (Å²) in [5, 5.41) is 5.30. The fourth-order valence-electron chi connectivity index (χ4n) is 3.73. The first-order valence-electron chi connectivity index (χ1n) is 11.5. The molecule has 176 valence electrons. The summed E-state index contributed by atoms with van der Waals surface area (Å²) in [6.07, 6.45) is 12.3. The Hall–Kier alpha value is -2.38. The summed E-state index contributed by atoms with van der Waals surface area (Å²) in [6.45, 7) is 2.74. The van der Waals surface area contributed by atoms with Crippen LogP contribution in [0, 0.1) is 0 Å². The van der Waals surface area contributed by atoms with Gasteiger partial charge in [0.05, 0.1) is 11.5 Å². The molecular formula is C25H36N2O4S. The van der Waals surface area contributed by atoms with Crippen LogP contribution in [-0.4, -0.2) is 20.9 Å². The Morgan fingerprint density at radius 1 is 0.844 bits per heavy atom. The monoisotopic (exact) mass is 460 g/mol. The van der Waals surface area contributed by atoms with Crippen LogP contribution in [0.1, 0.15) is 81.5 Å². The number of amides is 1. The predicted molar refractivity (Wildman–Crippen MR) is 129 cm³/mol. The molecule has 2 aromatic carbocycles. The van der Waals surface area contributed by atoms with Crippen molar-refractivity contribution in [3.8, 4) is 16.9 Å². The molecule has 7 heteroatoms. The molecule has 0 spiro atoms. The van der Waals surface area contributed by atoms with Gasteiger partial charge in [-0.3, -0.25) is 4.79 Å². The number of carbonyl (C=O) groups excluding carboxylic acids is 1. The number of nitrogens with two attached hydrogens (primary N) is 2. The molecule has 0 atom stereocenters. The number of benzene rings is 2. The fourth-order valence-corrected chi connectivity index (χ4v) is 4.27. The zero-order valence-electron chi connectivity index (χ0n) is 19.0. The number of sulfonamides is 1. The van der Waals surface area contributed by atoms with E-state index in [0.29, 0.717) is 29.0 Å². The lowest BCUT2D eigenvalue weighted by Gasteiger charge is -2.15. The minimum Gasteiger partial charge on any atom is -0.493 e. The van der Waals surface area contributed by atoms with Gasteiger partial charge in [-0.2, -0.15) is 0 Å². The highest BCUT2D eigenvalue weighted by Gasteiger charge is 2.17. The topological polar surface area (TPSA) is 112 Å².